The zero-order valence-electron chi connectivity index (χ0n) is 13.3. The van der Waals surface area contributed by atoms with E-state index in [1.54, 1.807) is 7.11 Å². The molecule has 5 nitrogen and oxygen atoms in total. The van der Waals surface area contributed by atoms with Crippen molar-refractivity contribution in [2.24, 2.45) is 5.73 Å². The van der Waals surface area contributed by atoms with Gasteiger partial charge in [-0.2, -0.15) is 0 Å². The summed E-state index contributed by atoms with van der Waals surface area (Å²) in [5.41, 5.74) is 7.73. The molecule has 0 spiro atoms. The van der Waals surface area contributed by atoms with Gasteiger partial charge in [-0.25, -0.2) is 0 Å². The molecular formula is C18H21NO4. The second-order valence-electron chi connectivity index (χ2n) is 5.09. The Hall–Kier alpha value is -2.53. The van der Waals surface area contributed by atoms with Crippen LogP contribution in [0, 0.1) is 0 Å². The van der Waals surface area contributed by atoms with Crippen molar-refractivity contribution in [1.29, 1.82) is 0 Å². The maximum atomic E-state index is 11.4. The first-order valence-electron chi connectivity index (χ1n) is 7.31. The molecule has 5 heteroatoms. The van der Waals surface area contributed by atoms with E-state index in [2.05, 4.69) is 4.74 Å². The summed E-state index contributed by atoms with van der Waals surface area (Å²) in [7, 11) is 2.90. The number of rotatable bonds is 7. The zero-order valence-corrected chi connectivity index (χ0v) is 13.3. The topological polar surface area (TPSA) is 70.8 Å². The standard InChI is InChI=1S/C18H21NO4/c1-21-17-11-14(10-15(19)18(20)22-2)8-9-16(17)23-12-13-6-4-3-5-7-13/h3-9,11,15H,10,12,19H2,1-2H3/t15-/m0/s1. The Kier molecular flexibility index (Phi) is 6.00. The molecule has 0 bridgehead atoms. The van der Waals surface area contributed by atoms with Crippen LogP contribution in [0.25, 0.3) is 0 Å². The number of carbonyl (C=O) groups excluding carboxylic acids is 1. The first-order chi connectivity index (χ1) is 11.1. The van der Waals surface area contributed by atoms with E-state index in [0.717, 1.165) is 11.1 Å². The Bertz CT molecular complexity index is 643. The molecule has 23 heavy (non-hydrogen) atoms. The van der Waals surface area contributed by atoms with Crippen LogP contribution in [0.5, 0.6) is 11.5 Å². The highest BCUT2D eigenvalue weighted by Gasteiger charge is 2.15. The minimum atomic E-state index is -0.694. The van der Waals surface area contributed by atoms with E-state index in [9.17, 15) is 4.79 Å². The van der Waals surface area contributed by atoms with Crippen molar-refractivity contribution in [2.45, 2.75) is 19.1 Å². The fourth-order valence-corrected chi connectivity index (χ4v) is 2.18. The van der Waals surface area contributed by atoms with Crippen LogP contribution in [0.3, 0.4) is 0 Å². The van der Waals surface area contributed by atoms with E-state index < -0.39 is 12.0 Å². The second-order valence-corrected chi connectivity index (χ2v) is 5.09. The summed E-state index contributed by atoms with van der Waals surface area (Å²) in [6, 6.07) is 14.7. The number of benzene rings is 2. The van der Waals surface area contributed by atoms with Crippen LogP contribution in [0.15, 0.2) is 48.5 Å². The normalized spacial score (nSPS) is 11.6. The third-order valence-corrected chi connectivity index (χ3v) is 3.42. The van der Waals surface area contributed by atoms with Crippen molar-refractivity contribution in [3.63, 3.8) is 0 Å². The number of esters is 1. The van der Waals surface area contributed by atoms with Gasteiger partial charge in [-0.1, -0.05) is 36.4 Å². The molecule has 2 aromatic carbocycles. The van der Waals surface area contributed by atoms with Crippen molar-refractivity contribution < 1.29 is 19.0 Å². The average Bonchev–Trinajstić information content (AvgIpc) is 2.60. The van der Waals surface area contributed by atoms with Crippen LogP contribution in [0.2, 0.25) is 0 Å². The molecule has 0 unspecified atom stereocenters. The molecule has 2 rings (SSSR count). The van der Waals surface area contributed by atoms with E-state index >= 15 is 0 Å². The fourth-order valence-electron chi connectivity index (χ4n) is 2.18. The van der Waals surface area contributed by atoms with Crippen molar-refractivity contribution in [1.82, 2.24) is 0 Å². The van der Waals surface area contributed by atoms with E-state index in [1.807, 2.05) is 48.5 Å². The number of ether oxygens (including phenoxy) is 3. The highest BCUT2D eigenvalue weighted by Crippen LogP contribution is 2.29. The predicted molar refractivity (Wildman–Crippen MR) is 87.5 cm³/mol. The maximum absolute atomic E-state index is 11.4. The Morgan fingerprint density at radius 2 is 1.78 bits per heavy atom. The number of nitrogens with two attached hydrogens (primary N) is 1. The highest BCUT2D eigenvalue weighted by atomic mass is 16.5. The molecular weight excluding hydrogens is 294 g/mol. The van der Waals surface area contributed by atoms with Crippen LogP contribution >= 0.6 is 0 Å². The molecule has 0 saturated heterocycles. The Balaban J connectivity index is 2.05. The molecule has 0 aliphatic carbocycles. The van der Waals surface area contributed by atoms with Gasteiger partial charge in [-0.3, -0.25) is 4.79 Å². The largest absolute Gasteiger partial charge is 0.493 e. The van der Waals surface area contributed by atoms with E-state index in [1.165, 1.54) is 7.11 Å². The molecule has 0 aromatic heterocycles. The lowest BCUT2D eigenvalue weighted by molar-refractivity contribution is -0.142. The van der Waals surface area contributed by atoms with Gasteiger partial charge in [0.1, 0.15) is 12.6 Å². The van der Waals surface area contributed by atoms with E-state index in [4.69, 9.17) is 15.2 Å². The number of carbonyl (C=O) groups is 1. The summed E-state index contributed by atoms with van der Waals surface area (Å²) in [5.74, 6) is 0.815. The summed E-state index contributed by atoms with van der Waals surface area (Å²) < 4.78 is 15.8. The van der Waals surface area contributed by atoms with Crippen LogP contribution in [0.4, 0.5) is 0 Å². The van der Waals surface area contributed by atoms with Gasteiger partial charge in [0.2, 0.25) is 0 Å². The van der Waals surface area contributed by atoms with E-state index in [0.29, 0.717) is 24.5 Å². The van der Waals surface area contributed by atoms with Crippen LogP contribution < -0.4 is 15.2 Å². The Morgan fingerprint density at radius 1 is 1.04 bits per heavy atom. The molecule has 0 aliphatic rings. The van der Waals surface area contributed by atoms with Gasteiger partial charge >= 0.3 is 5.97 Å². The zero-order chi connectivity index (χ0) is 16.7. The Labute approximate surface area is 136 Å². The quantitative estimate of drug-likeness (QED) is 0.794. The van der Waals surface area contributed by atoms with Gasteiger partial charge in [0, 0.05) is 0 Å². The summed E-state index contributed by atoms with van der Waals surface area (Å²) >= 11 is 0. The molecule has 0 radical (unpaired) electrons. The van der Waals surface area contributed by atoms with E-state index in [-0.39, 0.29) is 0 Å². The number of hydrogen-bond acceptors (Lipinski definition) is 5. The molecule has 0 fully saturated rings. The molecule has 2 aromatic rings. The predicted octanol–water partition coefficient (Wildman–Crippen LogP) is 2.32. The summed E-state index contributed by atoms with van der Waals surface area (Å²) in [4.78, 5) is 11.4. The van der Waals surface area contributed by atoms with Crippen LogP contribution in [-0.4, -0.2) is 26.2 Å². The van der Waals surface area contributed by atoms with Crippen molar-refractivity contribution >= 4 is 5.97 Å². The van der Waals surface area contributed by atoms with Gasteiger partial charge in [0.05, 0.1) is 14.2 Å². The molecule has 0 heterocycles. The third kappa shape index (κ3) is 4.72. The lowest BCUT2D eigenvalue weighted by Crippen LogP contribution is -2.33. The van der Waals surface area contributed by atoms with Gasteiger partial charge in [0.15, 0.2) is 11.5 Å². The lowest BCUT2D eigenvalue weighted by Gasteiger charge is -2.14. The van der Waals surface area contributed by atoms with Crippen LogP contribution in [0.1, 0.15) is 11.1 Å². The first kappa shape index (κ1) is 16.8. The van der Waals surface area contributed by atoms with Gasteiger partial charge in [0.25, 0.3) is 0 Å². The van der Waals surface area contributed by atoms with Crippen molar-refractivity contribution in [3.8, 4) is 11.5 Å². The molecule has 0 saturated carbocycles. The maximum Gasteiger partial charge on any atom is 0.322 e. The molecule has 2 N–H and O–H groups in total. The Morgan fingerprint density at radius 3 is 2.43 bits per heavy atom. The fraction of sp³-hybridized carbons (Fsp3) is 0.278. The monoisotopic (exact) mass is 315 g/mol. The third-order valence-electron chi connectivity index (χ3n) is 3.42. The molecule has 0 amide bonds. The average molecular weight is 315 g/mol. The van der Waals surface area contributed by atoms with Crippen molar-refractivity contribution in [2.75, 3.05) is 14.2 Å². The minimum Gasteiger partial charge on any atom is -0.493 e. The second kappa shape index (κ2) is 8.19. The molecule has 0 aliphatic heterocycles. The van der Waals surface area contributed by atoms with Crippen molar-refractivity contribution in [3.05, 3.63) is 59.7 Å². The molecule has 1 atom stereocenters. The first-order valence-corrected chi connectivity index (χ1v) is 7.31. The SMILES string of the molecule is COC(=O)[C@@H](N)Cc1ccc(OCc2ccccc2)c(OC)c1. The summed E-state index contributed by atoms with van der Waals surface area (Å²) in [5, 5.41) is 0. The summed E-state index contributed by atoms with van der Waals surface area (Å²) in [6.07, 6.45) is 0.377. The highest BCUT2D eigenvalue weighted by molar-refractivity contribution is 5.75. The lowest BCUT2D eigenvalue weighted by atomic mass is 10.1. The van der Waals surface area contributed by atoms with Gasteiger partial charge in [-0.15, -0.1) is 0 Å². The van der Waals surface area contributed by atoms with Gasteiger partial charge in [-0.05, 0) is 29.7 Å². The summed E-state index contributed by atoms with van der Waals surface area (Å²) in [6.45, 7) is 0.457. The number of hydrogen-bond donors (Lipinski definition) is 1. The minimum absolute atomic E-state index is 0.377. The smallest absolute Gasteiger partial charge is 0.322 e. The van der Waals surface area contributed by atoms with Gasteiger partial charge < -0.3 is 19.9 Å². The molecule has 122 valence electrons. The number of methoxy groups -OCH3 is 2. The van der Waals surface area contributed by atoms with Crippen LogP contribution in [-0.2, 0) is 22.6 Å².